The van der Waals surface area contributed by atoms with E-state index in [1.165, 1.54) is 12.8 Å². The van der Waals surface area contributed by atoms with Gasteiger partial charge in [0.2, 0.25) is 0 Å². The molecule has 2 rings (SSSR count). The van der Waals surface area contributed by atoms with Gasteiger partial charge in [0.25, 0.3) is 7.52 Å². The SMILES string of the molecule is CC(C)N[P@](=O)(O[C@@H]1C[C@@H](C)CC[C@@H]1C(C)C)c1ccccc1. The smallest absolute Gasteiger partial charge is 0.300 e. The lowest BCUT2D eigenvalue weighted by Gasteiger charge is -2.39. The van der Waals surface area contributed by atoms with Crippen LogP contribution in [-0.2, 0) is 9.09 Å². The van der Waals surface area contributed by atoms with Gasteiger partial charge in [-0.25, -0.2) is 5.09 Å². The quantitative estimate of drug-likeness (QED) is 0.744. The Hall–Kier alpha value is -0.630. The molecule has 1 aromatic carbocycles. The molecule has 1 aliphatic carbocycles. The number of nitrogens with one attached hydrogen (secondary N) is 1. The lowest BCUT2D eigenvalue weighted by Crippen LogP contribution is -2.37. The Morgan fingerprint density at radius 1 is 1.13 bits per heavy atom. The number of rotatable bonds is 6. The van der Waals surface area contributed by atoms with Crippen LogP contribution in [0.5, 0.6) is 0 Å². The van der Waals surface area contributed by atoms with E-state index >= 15 is 0 Å². The monoisotopic (exact) mass is 337 g/mol. The predicted octanol–water partition coefficient (Wildman–Crippen LogP) is 4.98. The van der Waals surface area contributed by atoms with Gasteiger partial charge in [0.05, 0.1) is 11.4 Å². The minimum Gasteiger partial charge on any atom is -0.311 e. The molecule has 0 aliphatic heterocycles. The van der Waals surface area contributed by atoms with Crippen LogP contribution in [0, 0.1) is 17.8 Å². The van der Waals surface area contributed by atoms with Crippen molar-refractivity contribution in [1.82, 2.24) is 5.09 Å². The van der Waals surface area contributed by atoms with Gasteiger partial charge in [-0.05, 0) is 56.6 Å². The van der Waals surface area contributed by atoms with Gasteiger partial charge in [0, 0.05) is 6.04 Å². The van der Waals surface area contributed by atoms with E-state index in [1.54, 1.807) is 0 Å². The lowest BCUT2D eigenvalue weighted by atomic mass is 9.75. The maximum Gasteiger partial charge on any atom is 0.300 e. The molecule has 0 heterocycles. The van der Waals surface area contributed by atoms with Crippen molar-refractivity contribution >= 4 is 12.8 Å². The fourth-order valence-corrected chi connectivity index (χ4v) is 5.76. The van der Waals surface area contributed by atoms with Crippen LogP contribution in [-0.4, -0.2) is 12.1 Å². The molecule has 0 spiro atoms. The van der Waals surface area contributed by atoms with Crippen molar-refractivity contribution in [3.05, 3.63) is 30.3 Å². The maximum absolute atomic E-state index is 13.6. The molecule has 1 fully saturated rings. The Morgan fingerprint density at radius 2 is 1.78 bits per heavy atom. The topological polar surface area (TPSA) is 38.3 Å². The van der Waals surface area contributed by atoms with Crippen LogP contribution in [0.2, 0.25) is 0 Å². The minimum atomic E-state index is -3.05. The van der Waals surface area contributed by atoms with Gasteiger partial charge >= 0.3 is 0 Å². The highest BCUT2D eigenvalue weighted by Crippen LogP contribution is 2.48. The third kappa shape index (κ3) is 4.92. The van der Waals surface area contributed by atoms with E-state index in [2.05, 4.69) is 25.9 Å². The normalized spacial score (nSPS) is 28.0. The Morgan fingerprint density at radius 3 is 2.35 bits per heavy atom. The predicted molar refractivity (Wildman–Crippen MR) is 98.2 cm³/mol. The second kappa shape index (κ2) is 7.96. The van der Waals surface area contributed by atoms with Crippen molar-refractivity contribution in [1.29, 1.82) is 0 Å². The maximum atomic E-state index is 13.6. The molecule has 1 N–H and O–H groups in total. The molecule has 0 amide bonds. The number of hydrogen-bond donors (Lipinski definition) is 1. The van der Waals surface area contributed by atoms with Crippen molar-refractivity contribution in [3.63, 3.8) is 0 Å². The van der Waals surface area contributed by atoms with Gasteiger partial charge in [0.1, 0.15) is 0 Å². The van der Waals surface area contributed by atoms with Crippen molar-refractivity contribution in [2.45, 2.75) is 66.0 Å². The Kier molecular flexibility index (Phi) is 6.48. The average molecular weight is 337 g/mol. The molecule has 0 bridgehead atoms. The zero-order chi connectivity index (χ0) is 17.0. The Balaban J connectivity index is 2.27. The largest absolute Gasteiger partial charge is 0.311 e. The van der Waals surface area contributed by atoms with E-state index < -0.39 is 7.52 Å². The molecular formula is C19H32NO2P. The molecule has 0 radical (unpaired) electrons. The van der Waals surface area contributed by atoms with E-state index in [0.29, 0.717) is 17.8 Å². The highest BCUT2D eigenvalue weighted by molar-refractivity contribution is 7.65. The summed E-state index contributed by atoms with van der Waals surface area (Å²) in [6, 6.07) is 9.73. The van der Waals surface area contributed by atoms with E-state index in [-0.39, 0.29) is 12.1 Å². The first-order chi connectivity index (χ1) is 10.8. The van der Waals surface area contributed by atoms with Gasteiger partial charge in [0.15, 0.2) is 0 Å². The van der Waals surface area contributed by atoms with Crippen molar-refractivity contribution in [3.8, 4) is 0 Å². The second-order valence-electron chi connectivity index (χ2n) is 7.64. The summed E-state index contributed by atoms with van der Waals surface area (Å²) in [4.78, 5) is 0. The van der Waals surface area contributed by atoms with E-state index in [0.717, 1.165) is 11.7 Å². The standard InChI is InChI=1S/C19H32NO2P/c1-14(2)18-12-11-16(5)13-19(18)22-23(21,20-15(3)4)17-9-7-6-8-10-17/h6-10,14-16,18-19H,11-13H2,1-5H3,(H,20,21)/t16-,18+,19+,23+/m0/s1. The fourth-order valence-electron chi connectivity index (χ4n) is 3.56. The van der Waals surface area contributed by atoms with Gasteiger partial charge in [-0.15, -0.1) is 0 Å². The van der Waals surface area contributed by atoms with Gasteiger partial charge in [-0.3, -0.25) is 4.57 Å². The zero-order valence-corrected chi connectivity index (χ0v) is 16.1. The van der Waals surface area contributed by atoms with Crippen LogP contribution in [0.25, 0.3) is 0 Å². The van der Waals surface area contributed by atoms with E-state index in [1.807, 2.05) is 44.2 Å². The van der Waals surface area contributed by atoms with Crippen LogP contribution >= 0.6 is 7.52 Å². The number of hydrogen-bond acceptors (Lipinski definition) is 2. The van der Waals surface area contributed by atoms with Crippen LogP contribution < -0.4 is 10.4 Å². The fraction of sp³-hybridized carbons (Fsp3) is 0.684. The van der Waals surface area contributed by atoms with E-state index in [4.69, 9.17) is 4.52 Å². The molecule has 23 heavy (non-hydrogen) atoms. The van der Waals surface area contributed by atoms with Crippen molar-refractivity contribution < 1.29 is 9.09 Å². The summed E-state index contributed by atoms with van der Waals surface area (Å²) in [6.45, 7) is 10.8. The molecular weight excluding hydrogens is 305 g/mol. The molecule has 1 aromatic rings. The molecule has 1 aliphatic rings. The lowest BCUT2D eigenvalue weighted by molar-refractivity contribution is 0.0480. The first-order valence-corrected chi connectivity index (χ1v) is 10.6. The first kappa shape index (κ1) is 18.7. The molecule has 0 saturated heterocycles. The molecule has 0 unspecified atom stereocenters. The van der Waals surface area contributed by atoms with Gasteiger partial charge in [-0.1, -0.05) is 45.4 Å². The molecule has 130 valence electrons. The van der Waals surface area contributed by atoms with Gasteiger partial charge < -0.3 is 4.52 Å². The highest BCUT2D eigenvalue weighted by Gasteiger charge is 2.38. The summed E-state index contributed by atoms with van der Waals surface area (Å²) in [5, 5.41) is 4.00. The molecule has 4 heteroatoms. The first-order valence-electron chi connectivity index (χ1n) is 8.93. The summed E-state index contributed by atoms with van der Waals surface area (Å²) in [6.07, 6.45) is 3.48. The average Bonchev–Trinajstić information content (AvgIpc) is 2.47. The molecule has 0 aromatic heterocycles. The molecule has 3 nitrogen and oxygen atoms in total. The van der Waals surface area contributed by atoms with Crippen LogP contribution in [0.4, 0.5) is 0 Å². The van der Waals surface area contributed by atoms with Crippen LogP contribution in [0.15, 0.2) is 30.3 Å². The van der Waals surface area contributed by atoms with E-state index in [9.17, 15) is 4.57 Å². The highest BCUT2D eigenvalue weighted by atomic mass is 31.2. The third-order valence-corrected chi connectivity index (χ3v) is 7.17. The van der Waals surface area contributed by atoms with Crippen molar-refractivity contribution in [2.24, 2.45) is 17.8 Å². The van der Waals surface area contributed by atoms with Gasteiger partial charge in [-0.2, -0.15) is 0 Å². The third-order valence-electron chi connectivity index (χ3n) is 4.77. The van der Waals surface area contributed by atoms with Crippen molar-refractivity contribution in [2.75, 3.05) is 0 Å². The zero-order valence-electron chi connectivity index (χ0n) is 15.2. The van der Waals surface area contributed by atoms with Crippen LogP contribution in [0.1, 0.15) is 53.9 Å². The Bertz CT molecular complexity index is 529. The summed E-state index contributed by atoms with van der Waals surface area (Å²) >= 11 is 0. The number of benzene rings is 1. The molecule has 1 saturated carbocycles. The van der Waals surface area contributed by atoms with Crippen LogP contribution in [0.3, 0.4) is 0 Å². The minimum absolute atomic E-state index is 0.0658. The Labute approximate surface area is 141 Å². The summed E-state index contributed by atoms with van der Waals surface area (Å²) < 4.78 is 20.0. The molecule has 4 atom stereocenters. The summed E-state index contributed by atoms with van der Waals surface area (Å²) in [5.74, 6) is 1.67. The summed E-state index contributed by atoms with van der Waals surface area (Å²) in [7, 11) is -3.05. The second-order valence-corrected chi connectivity index (χ2v) is 9.73. The summed E-state index contributed by atoms with van der Waals surface area (Å²) in [5.41, 5.74) is 0.